The summed E-state index contributed by atoms with van der Waals surface area (Å²) in [6.45, 7) is 2.26. The maximum absolute atomic E-state index is 11.8. The maximum atomic E-state index is 11.8. The summed E-state index contributed by atoms with van der Waals surface area (Å²) in [5, 5.41) is 0. The average molecular weight is 310 g/mol. The van der Waals surface area contributed by atoms with Crippen LogP contribution in [-0.2, 0) is 14.3 Å². The smallest absolute Gasteiger partial charge is 0.306 e. The summed E-state index contributed by atoms with van der Waals surface area (Å²) in [6, 6.07) is 0. The van der Waals surface area contributed by atoms with Crippen molar-refractivity contribution in [1.29, 1.82) is 0 Å². The molecule has 0 amide bonds. The molecule has 0 spiro atoms. The van der Waals surface area contributed by atoms with E-state index in [0.29, 0.717) is 19.3 Å². The van der Waals surface area contributed by atoms with Gasteiger partial charge in [-0.05, 0) is 6.42 Å². The van der Waals surface area contributed by atoms with Crippen LogP contribution in [0.4, 0.5) is 0 Å². The summed E-state index contributed by atoms with van der Waals surface area (Å²) in [6.07, 6.45) is 16.8. The molecule has 1 atom stereocenters. The molecule has 1 rings (SSSR count). The molecular weight excluding hydrogens is 276 g/mol. The van der Waals surface area contributed by atoms with E-state index < -0.39 is 6.10 Å². The van der Waals surface area contributed by atoms with Crippen molar-refractivity contribution in [3.63, 3.8) is 0 Å². The second-order valence-corrected chi connectivity index (χ2v) is 6.62. The largest absolute Gasteiger partial charge is 0.454 e. The summed E-state index contributed by atoms with van der Waals surface area (Å²) in [7, 11) is 0. The Kier molecular flexibility index (Phi) is 11.0. The molecule has 0 unspecified atom stereocenters. The van der Waals surface area contributed by atoms with Gasteiger partial charge in [-0.25, -0.2) is 0 Å². The van der Waals surface area contributed by atoms with Gasteiger partial charge in [0, 0.05) is 19.3 Å². The zero-order chi connectivity index (χ0) is 16.0. The molecule has 1 aliphatic rings. The number of hydrogen-bond donors (Lipinski definition) is 0. The second-order valence-electron chi connectivity index (χ2n) is 6.62. The molecule has 1 aliphatic heterocycles. The summed E-state index contributed by atoms with van der Waals surface area (Å²) in [5.74, 6) is -0.0917. The molecule has 1 saturated heterocycles. The number of rotatable bonds is 14. The van der Waals surface area contributed by atoms with E-state index in [1.807, 2.05) is 0 Å². The van der Waals surface area contributed by atoms with E-state index in [1.54, 1.807) is 0 Å². The van der Waals surface area contributed by atoms with E-state index in [9.17, 15) is 9.59 Å². The van der Waals surface area contributed by atoms with Crippen molar-refractivity contribution in [3.05, 3.63) is 0 Å². The van der Waals surface area contributed by atoms with Crippen LogP contribution < -0.4 is 0 Å². The highest BCUT2D eigenvalue weighted by Crippen LogP contribution is 2.18. The molecule has 0 aromatic carbocycles. The number of carbonyl (C=O) groups is 2. The van der Waals surface area contributed by atoms with Crippen molar-refractivity contribution in [2.75, 3.05) is 0 Å². The summed E-state index contributed by atoms with van der Waals surface area (Å²) < 4.78 is 4.99. The molecule has 0 aliphatic carbocycles. The van der Waals surface area contributed by atoms with Gasteiger partial charge in [0.2, 0.25) is 0 Å². The molecule has 1 heterocycles. The van der Waals surface area contributed by atoms with Gasteiger partial charge < -0.3 is 4.74 Å². The lowest BCUT2D eigenvalue weighted by atomic mass is 10.0. The fourth-order valence-corrected chi connectivity index (χ4v) is 3.05. The summed E-state index contributed by atoms with van der Waals surface area (Å²) in [5.41, 5.74) is 0. The van der Waals surface area contributed by atoms with Gasteiger partial charge >= 0.3 is 5.97 Å². The first-order valence-electron chi connectivity index (χ1n) is 9.46. The number of unbranched alkanes of at least 4 members (excludes halogenated alkanes) is 11. The van der Waals surface area contributed by atoms with Crippen molar-refractivity contribution in [1.82, 2.24) is 0 Å². The number of ketones is 1. The number of hydrogen-bond acceptors (Lipinski definition) is 3. The zero-order valence-electron chi connectivity index (χ0n) is 14.4. The predicted octanol–water partition coefficient (Wildman–Crippen LogP) is 5.35. The third kappa shape index (κ3) is 9.22. The molecule has 0 bridgehead atoms. The zero-order valence-corrected chi connectivity index (χ0v) is 14.4. The highest BCUT2D eigenvalue weighted by molar-refractivity contribution is 5.87. The Hall–Kier alpha value is -0.860. The second kappa shape index (κ2) is 12.7. The fourth-order valence-electron chi connectivity index (χ4n) is 3.05. The van der Waals surface area contributed by atoms with Gasteiger partial charge in [0.15, 0.2) is 11.9 Å². The van der Waals surface area contributed by atoms with Gasteiger partial charge in [0.05, 0.1) is 0 Å². The first-order chi connectivity index (χ1) is 10.7. The van der Waals surface area contributed by atoms with Gasteiger partial charge in [-0.2, -0.15) is 0 Å². The minimum Gasteiger partial charge on any atom is -0.454 e. The minimum atomic E-state index is -0.430. The Morgan fingerprint density at radius 1 is 0.909 bits per heavy atom. The van der Waals surface area contributed by atoms with Crippen LogP contribution in [0, 0.1) is 0 Å². The average Bonchev–Trinajstić information content (AvgIpc) is 2.95. The highest BCUT2D eigenvalue weighted by Gasteiger charge is 2.28. The molecule has 1 fully saturated rings. The first-order valence-corrected chi connectivity index (χ1v) is 9.46. The van der Waals surface area contributed by atoms with Crippen LogP contribution in [0.5, 0.6) is 0 Å². The van der Waals surface area contributed by atoms with Gasteiger partial charge in [0.1, 0.15) is 0 Å². The lowest BCUT2D eigenvalue weighted by Gasteiger charge is -2.07. The standard InChI is InChI=1S/C19H34O3/c1-2-3-4-5-6-7-8-9-10-11-12-13-14-17(20)18-15-16-19(21)22-18/h18H,2-16H2,1H3/t18-/m0/s1. The van der Waals surface area contributed by atoms with Crippen molar-refractivity contribution < 1.29 is 14.3 Å². The molecule has 0 aromatic rings. The lowest BCUT2D eigenvalue weighted by Crippen LogP contribution is -2.19. The van der Waals surface area contributed by atoms with Gasteiger partial charge in [-0.3, -0.25) is 9.59 Å². The summed E-state index contributed by atoms with van der Waals surface area (Å²) in [4.78, 5) is 22.8. The SMILES string of the molecule is CCCCCCCCCCCCCCC(=O)[C@@H]1CCC(=O)O1. The Bertz CT molecular complexity index is 312. The molecule has 3 nitrogen and oxygen atoms in total. The lowest BCUT2D eigenvalue weighted by molar-refractivity contribution is -0.147. The molecule has 0 radical (unpaired) electrons. The molecular formula is C19H34O3. The Balaban J connectivity index is 1.80. The monoisotopic (exact) mass is 310 g/mol. The Morgan fingerprint density at radius 2 is 1.41 bits per heavy atom. The van der Waals surface area contributed by atoms with E-state index >= 15 is 0 Å². The molecule has 0 N–H and O–H groups in total. The van der Waals surface area contributed by atoms with Crippen LogP contribution in [-0.4, -0.2) is 17.9 Å². The number of cyclic esters (lactones) is 1. The molecule has 0 aromatic heterocycles. The highest BCUT2D eigenvalue weighted by atomic mass is 16.6. The number of carbonyl (C=O) groups excluding carboxylic acids is 2. The Labute approximate surface area is 136 Å². The van der Waals surface area contributed by atoms with Crippen LogP contribution in [0.25, 0.3) is 0 Å². The third-order valence-electron chi connectivity index (χ3n) is 4.52. The van der Waals surface area contributed by atoms with Crippen molar-refractivity contribution in [3.8, 4) is 0 Å². The van der Waals surface area contributed by atoms with E-state index in [1.165, 1.54) is 64.2 Å². The van der Waals surface area contributed by atoms with Gasteiger partial charge in [-0.15, -0.1) is 0 Å². The van der Waals surface area contributed by atoms with E-state index in [0.717, 1.165) is 12.8 Å². The van der Waals surface area contributed by atoms with Crippen LogP contribution >= 0.6 is 0 Å². The van der Waals surface area contributed by atoms with Crippen LogP contribution in [0.3, 0.4) is 0 Å². The maximum Gasteiger partial charge on any atom is 0.306 e. The van der Waals surface area contributed by atoms with Gasteiger partial charge in [-0.1, -0.05) is 77.6 Å². The predicted molar refractivity (Wildman–Crippen MR) is 89.8 cm³/mol. The van der Waals surface area contributed by atoms with E-state index in [-0.39, 0.29) is 11.8 Å². The van der Waals surface area contributed by atoms with Crippen LogP contribution in [0.2, 0.25) is 0 Å². The van der Waals surface area contributed by atoms with E-state index in [2.05, 4.69) is 6.92 Å². The molecule has 0 saturated carbocycles. The minimum absolute atomic E-state index is 0.123. The normalized spacial score (nSPS) is 17.7. The number of ether oxygens (including phenoxy) is 1. The Morgan fingerprint density at radius 3 is 1.86 bits per heavy atom. The topological polar surface area (TPSA) is 43.4 Å². The van der Waals surface area contributed by atoms with E-state index in [4.69, 9.17) is 4.74 Å². The molecule has 22 heavy (non-hydrogen) atoms. The summed E-state index contributed by atoms with van der Waals surface area (Å²) >= 11 is 0. The molecule has 128 valence electrons. The number of Topliss-reactive ketones (excluding diaryl/α,β-unsaturated/α-hetero) is 1. The van der Waals surface area contributed by atoms with Crippen molar-refractivity contribution in [2.45, 2.75) is 109 Å². The van der Waals surface area contributed by atoms with Gasteiger partial charge in [0.25, 0.3) is 0 Å². The van der Waals surface area contributed by atoms with Crippen LogP contribution in [0.15, 0.2) is 0 Å². The third-order valence-corrected chi connectivity index (χ3v) is 4.52. The number of esters is 1. The van der Waals surface area contributed by atoms with Crippen molar-refractivity contribution in [2.24, 2.45) is 0 Å². The fraction of sp³-hybridized carbons (Fsp3) is 0.895. The quantitative estimate of drug-likeness (QED) is 0.321. The first kappa shape index (κ1) is 19.2. The van der Waals surface area contributed by atoms with Crippen LogP contribution in [0.1, 0.15) is 103 Å². The van der Waals surface area contributed by atoms with Crippen molar-refractivity contribution >= 4 is 11.8 Å². The molecule has 3 heteroatoms.